The van der Waals surface area contributed by atoms with Crippen LogP contribution in [0.5, 0.6) is 11.5 Å². The minimum absolute atomic E-state index is 0. The molecule has 4 aliphatic rings. The van der Waals surface area contributed by atoms with Gasteiger partial charge in [-0.3, -0.25) is 10.1 Å². The molecule has 4 atom stereocenters. The van der Waals surface area contributed by atoms with E-state index in [0.29, 0.717) is 69.5 Å². The summed E-state index contributed by atoms with van der Waals surface area (Å²) < 4.78 is 39.4. The number of hydrogen-bond donors (Lipinski definition) is 3. The molecule has 63 heavy (non-hydrogen) atoms. The minimum Gasteiger partial charge on any atom is -0.488 e. The number of ether oxygens (including phenoxy) is 2. The van der Waals surface area contributed by atoms with Crippen LogP contribution in [0, 0.1) is 21.7 Å². The normalized spacial score (nSPS) is 22.8. The Bertz CT molecular complexity index is 2660. The Kier molecular flexibility index (Phi) is 13.1. The first-order valence-corrected chi connectivity index (χ1v) is 21.3. The number of nitrogens with one attached hydrogen (secondary N) is 2. The van der Waals surface area contributed by atoms with Gasteiger partial charge in [0.05, 0.1) is 37.1 Å². The molecule has 4 aromatic carbocycles. The van der Waals surface area contributed by atoms with Crippen LogP contribution < -0.4 is 25.8 Å². The minimum atomic E-state index is -0.537. The largest absolute Gasteiger partial charge is 0.488 e. The van der Waals surface area contributed by atoms with Crippen molar-refractivity contribution in [3.63, 3.8) is 0 Å². The topological polar surface area (TPSA) is 170 Å². The monoisotopic (exact) mass is 940 g/mol. The van der Waals surface area contributed by atoms with Gasteiger partial charge < -0.3 is 35.6 Å². The third-order valence-electron chi connectivity index (χ3n) is 12.7. The Labute approximate surface area is 382 Å². The third kappa shape index (κ3) is 9.40. The van der Waals surface area contributed by atoms with Crippen molar-refractivity contribution >= 4 is 79.4 Å². The summed E-state index contributed by atoms with van der Waals surface area (Å²) in [7, 11) is 4.35. The van der Waals surface area contributed by atoms with Crippen LogP contribution in [0.3, 0.4) is 0 Å². The van der Waals surface area contributed by atoms with E-state index in [4.69, 9.17) is 38.4 Å². The predicted octanol–water partition coefficient (Wildman–Crippen LogP) is 9.83. The van der Waals surface area contributed by atoms with Gasteiger partial charge in [0, 0.05) is 76.2 Å². The first-order valence-electron chi connectivity index (χ1n) is 20.6. The molecule has 4 aliphatic heterocycles. The number of nitro groups is 1. The SMILES string of the molecule is CN1C2CCC1CC(Oc1cc3ncnc(Nc4ccc(F)c(Cl)c4)c3cc1N)C2.CN1C2CCC1CC(Oc1cc3ncnc(Nc4ccc(F)c(Cl)c4)c3cc1[N+](=O)[O-])C2.[Fe]. The van der Waals surface area contributed by atoms with E-state index in [2.05, 4.69) is 54.5 Å². The molecule has 14 nitrogen and oxygen atoms in total. The molecule has 4 unspecified atom stereocenters. The van der Waals surface area contributed by atoms with Crippen molar-refractivity contribution in [2.24, 2.45) is 0 Å². The van der Waals surface area contributed by atoms with Crippen LogP contribution in [-0.4, -0.2) is 85.1 Å². The van der Waals surface area contributed by atoms with Gasteiger partial charge in [0.25, 0.3) is 0 Å². The van der Waals surface area contributed by atoms with Crippen molar-refractivity contribution < 1.29 is 40.2 Å². The average Bonchev–Trinajstić information content (AvgIpc) is 3.55. The summed E-state index contributed by atoms with van der Waals surface area (Å²) in [5.41, 5.74) is 9.10. The number of rotatable bonds is 9. The standard InChI is InChI=1S/C22H21ClFN5O3.C22H23ClFN5O.Fe/c1-28-13-3-4-14(28)8-15(7-13)32-21-10-19-16(9-20(21)29(30)31)22(26-11-25-19)27-12-2-5-18(24)17(23)6-12;1-29-13-3-4-14(29)8-15(7-13)30-21-10-20-16(9-19(21)25)22(27-11-26-20)28-12-2-5-18(24)17(23)6-12;/h2,5-6,9-11,13-15H,3-4,7-8H2,1H3,(H,25,26,27);2,5-6,9-11,13-15H,3-4,7-8,25H2,1H3,(H,26,27,28);. The summed E-state index contributed by atoms with van der Waals surface area (Å²) in [6, 6.07) is 17.4. The molecule has 6 aromatic rings. The Morgan fingerprint density at radius 1 is 0.683 bits per heavy atom. The van der Waals surface area contributed by atoms with Crippen LogP contribution in [0.1, 0.15) is 51.4 Å². The van der Waals surface area contributed by atoms with Crippen molar-refractivity contribution in [2.75, 3.05) is 30.5 Å². The first kappa shape index (κ1) is 44.4. The molecular weight excluding hydrogens is 897 g/mol. The predicted molar refractivity (Wildman–Crippen MR) is 236 cm³/mol. The summed E-state index contributed by atoms with van der Waals surface area (Å²) in [6.45, 7) is 0. The van der Waals surface area contributed by atoms with Crippen molar-refractivity contribution in [2.45, 2.75) is 87.7 Å². The van der Waals surface area contributed by atoms with Crippen LogP contribution in [-0.2, 0) is 17.1 Å². The van der Waals surface area contributed by atoms with Gasteiger partial charge >= 0.3 is 5.69 Å². The molecule has 19 heteroatoms. The van der Waals surface area contributed by atoms with E-state index >= 15 is 0 Å². The smallest absolute Gasteiger partial charge is 0.311 e. The molecule has 2 aromatic heterocycles. The molecule has 0 amide bonds. The number of nitrogens with zero attached hydrogens (tertiary/aromatic N) is 7. The van der Waals surface area contributed by atoms with Crippen LogP contribution in [0.25, 0.3) is 21.8 Å². The van der Waals surface area contributed by atoms with Gasteiger partial charge in [-0.15, -0.1) is 0 Å². The zero-order valence-corrected chi connectivity index (χ0v) is 36.9. The van der Waals surface area contributed by atoms with Crippen LogP contribution in [0.15, 0.2) is 73.3 Å². The second-order valence-electron chi connectivity index (χ2n) is 16.5. The molecule has 10 rings (SSSR count). The number of anilines is 5. The van der Waals surface area contributed by atoms with Crippen molar-refractivity contribution in [3.8, 4) is 11.5 Å². The van der Waals surface area contributed by atoms with Crippen LogP contribution in [0.2, 0.25) is 10.0 Å². The number of hydrogen-bond acceptors (Lipinski definition) is 13. The zero-order valence-electron chi connectivity index (χ0n) is 34.3. The first-order chi connectivity index (χ1) is 29.9. The number of halogens is 4. The maximum atomic E-state index is 13.5. The summed E-state index contributed by atoms with van der Waals surface area (Å²) >= 11 is 11.7. The van der Waals surface area contributed by atoms with Gasteiger partial charge in [0.1, 0.15) is 53.9 Å². The average molecular weight is 942 g/mol. The Morgan fingerprint density at radius 3 is 1.56 bits per heavy atom. The van der Waals surface area contributed by atoms with Crippen molar-refractivity contribution in [1.82, 2.24) is 29.7 Å². The van der Waals surface area contributed by atoms with E-state index in [1.807, 2.05) is 12.1 Å². The molecule has 4 saturated heterocycles. The molecule has 330 valence electrons. The number of fused-ring (bicyclic) bond motifs is 6. The second kappa shape index (κ2) is 18.5. The van der Waals surface area contributed by atoms with Gasteiger partial charge in [-0.1, -0.05) is 23.2 Å². The van der Waals surface area contributed by atoms with E-state index in [9.17, 15) is 18.9 Å². The van der Waals surface area contributed by atoms with Crippen molar-refractivity contribution in [3.05, 3.63) is 105 Å². The molecular formula is C44H44Cl2F2FeN10O4. The summed E-state index contributed by atoms with van der Waals surface area (Å²) in [5, 5.41) is 19.3. The number of nitro benzene ring substituents is 1. The molecule has 0 saturated carbocycles. The fourth-order valence-corrected chi connectivity index (χ4v) is 9.77. The number of nitrogen functional groups attached to an aromatic ring is 1. The zero-order chi connectivity index (χ0) is 43.2. The Balaban J connectivity index is 0.000000170. The number of nitrogens with two attached hydrogens (primary N) is 1. The van der Waals surface area contributed by atoms with Crippen LogP contribution in [0.4, 0.5) is 43.2 Å². The summed E-state index contributed by atoms with van der Waals surface area (Å²) in [6.07, 6.45) is 11.4. The second-order valence-corrected chi connectivity index (χ2v) is 17.3. The fraction of sp³-hybridized carbons (Fsp3) is 0.364. The molecule has 0 radical (unpaired) electrons. The van der Waals surface area contributed by atoms with Gasteiger partial charge in [0.2, 0.25) is 0 Å². The molecule has 4 N–H and O–H groups in total. The van der Waals surface area contributed by atoms with Gasteiger partial charge in [-0.25, -0.2) is 28.7 Å². The van der Waals surface area contributed by atoms with Crippen LogP contribution >= 0.6 is 23.2 Å². The van der Waals surface area contributed by atoms with Gasteiger partial charge in [-0.2, -0.15) is 0 Å². The fourth-order valence-electron chi connectivity index (χ4n) is 9.41. The molecule has 4 bridgehead atoms. The van der Waals surface area contributed by atoms with Gasteiger partial charge in [0.15, 0.2) is 5.75 Å². The molecule has 6 heterocycles. The van der Waals surface area contributed by atoms with E-state index < -0.39 is 16.6 Å². The van der Waals surface area contributed by atoms with E-state index in [0.717, 1.165) is 49.4 Å². The van der Waals surface area contributed by atoms with Crippen molar-refractivity contribution in [1.29, 1.82) is 0 Å². The third-order valence-corrected chi connectivity index (χ3v) is 13.3. The number of piperidine rings is 2. The summed E-state index contributed by atoms with van der Waals surface area (Å²) in [4.78, 5) is 33.5. The Morgan fingerprint density at radius 2 is 1.11 bits per heavy atom. The van der Waals surface area contributed by atoms with E-state index in [1.165, 1.54) is 61.9 Å². The maximum Gasteiger partial charge on any atom is 0.311 e. The molecule has 0 spiro atoms. The number of benzene rings is 4. The van der Waals surface area contributed by atoms with Gasteiger partial charge in [-0.05, 0) is 108 Å². The molecule has 4 fully saturated rings. The number of aromatic nitrogens is 4. The van der Waals surface area contributed by atoms with E-state index in [1.54, 1.807) is 12.1 Å². The summed E-state index contributed by atoms with van der Waals surface area (Å²) in [5.74, 6) is 0.785. The maximum absolute atomic E-state index is 13.5. The quantitative estimate of drug-likeness (QED) is 0.0543. The Hall–Kier alpha value is -5.16. The molecule has 0 aliphatic carbocycles. The van der Waals surface area contributed by atoms with E-state index in [-0.39, 0.29) is 50.8 Å².